The number of para-hydroxylation sites is 1. The summed E-state index contributed by atoms with van der Waals surface area (Å²) in [6, 6.07) is 7.42. The molecule has 0 aliphatic carbocycles. The molecule has 1 aromatic carbocycles. The van der Waals surface area contributed by atoms with Crippen molar-refractivity contribution in [3.8, 4) is 0 Å². The van der Waals surface area contributed by atoms with Crippen LogP contribution in [0.3, 0.4) is 0 Å². The van der Waals surface area contributed by atoms with Crippen LogP contribution in [0.1, 0.15) is 26.3 Å². The number of nitrogen functional groups attached to an aromatic ring is 1. The predicted molar refractivity (Wildman–Crippen MR) is 62.5 cm³/mol. The highest BCUT2D eigenvalue weighted by atomic mass is 16.1. The number of carbonyl (C=O) groups excluding carboxylic acids is 1. The molecule has 0 atom stereocenters. The van der Waals surface area contributed by atoms with Crippen LogP contribution in [-0.2, 0) is 11.2 Å². The summed E-state index contributed by atoms with van der Waals surface area (Å²) in [6.45, 7) is 5.87. The second-order valence-electron chi connectivity index (χ2n) is 4.67. The summed E-state index contributed by atoms with van der Waals surface area (Å²) >= 11 is 0. The molecule has 0 aliphatic heterocycles. The highest BCUT2D eigenvalue weighted by Crippen LogP contribution is 2.11. The Bertz CT molecular complexity index is 353. The van der Waals surface area contributed by atoms with E-state index in [-0.39, 0.29) is 11.4 Å². The van der Waals surface area contributed by atoms with Crippen LogP contribution >= 0.6 is 0 Å². The fourth-order valence-corrected chi connectivity index (χ4v) is 1.33. The average molecular weight is 206 g/mol. The lowest BCUT2D eigenvalue weighted by molar-refractivity contribution is -0.121. The number of benzene rings is 1. The first-order valence-electron chi connectivity index (χ1n) is 5.03. The molecule has 3 nitrogen and oxygen atoms in total. The molecule has 0 aliphatic rings. The number of hydrogen-bond donors (Lipinski definition) is 2. The Morgan fingerprint density at radius 3 is 2.47 bits per heavy atom. The minimum absolute atomic E-state index is 0.000370. The largest absolute Gasteiger partial charge is 0.398 e. The van der Waals surface area contributed by atoms with Crippen molar-refractivity contribution < 1.29 is 4.79 Å². The van der Waals surface area contributed by atoms with Gasteiger partial charge in [0.2, 0.25) is 5.91 Å². The van der Waals surface area contributed by atoms with Gasteiger partial charge in [-0.25, -0.2) is 0 Å². The van der Waals surface area contributed by atoms with E-state index >= 15 is 0 Å². The van der Waals surface area contributed by atoms with Gasteiger partial charge in [-0.15, -0.1) is 0 Å². The fraction of sp³-hybridized carbons (Fsp3) is 0.417. The molecule has 0 aromatic heterocycles. The smallest absolute Gasteiger partial charge is 0.224 e. The maximum atomic E-state index is 11.6. The van der Waals surface area contributed by atoms with E-state index in [1.165, 1.54) is 0 Å². The third-order valence-corrected chi connectivity index (χ3v) is 1.92. The zero-order valence-corrected chi connectivity index (χ0v) is 9.50. The lowest BCUT2D eigenvalue weighted by atomic mass is 10.1. The van der Waals surface area contributed by atoms with E-state index in [1.54, 1.807) is 6.07 Å². The quantitative estimate of drug-likeness (QED) is 0.724. The number of anilines is 1. The third kappa shape index (κ3) is 4.02. The molecular formula is C12H18N2O. The van der Waals surface area contributed by atoms with Crippen molar-refractivity contribution in [3.05, 3.63) is 29.8 Å². The highest BCUT2D eigenvalue weighted by Gasteiger charge is 2.14. The first-order valence-corrected chi connectivity index (χ1v) is 5.03. The normalized spacial score (nSPS) is 11.1. The van der Waals surface area contributed by atoms with Gasteiger partial charge in [-0.2, -0.15) is 0 Å². The first kappa shape index (κ1) is 11.6. The van der Waals surface area contributed by atoms with Gasteiger partial charge >= 0.3 is 0 Å². The van der Waals surface area contributed by atoms with Crippen LogP contribution in [0.4, 0.5) is 5.69 Å². The molecule has 0 saturated heterocycles. The molecule has 0 heterocycles. The van der Waals surface area contributed by atoms with Gasteiger partial charge in [0.1, 0.15) is 0 Å². The molecule has 0 fully saturated rings. The van der Waals surface area contributed by atoms with Crippen LogP contribution in [0.5, 0.6) is 0 Å². The molecule has 0 radical (unpaired) electrons. The Labute approximate surface area is 90.7 Å². The van der Waals surface area contributed by atoms with Gasteiger partial charge in [-0.05, 0) is 32.4 Å². The van der Waals surface area contributed by atoms with E-state index in [4.69, 9.17) is 5.73 Å². The van der Waals surface area contributed by atoms with Gasteiger partial charge in [0.25, 0.3) is 0 Å². The Kier molecular flexibility index (Phi) is 3.35. The number of nitrogens with one attached hydrogen (secondary N) is 1. The molecule has 82 valence electrons. The van der Waals surface area contributed by atoms with Crippen molar-refractivity contribution >= 4 is 11.6 Å². The molecule has 1 rings (SSSR count). The summed E-state index contributed by atoms with van der Waals surface area (Å²) in [4.78, 5) is 11.6. The molecule has 1 amide bonds. The standard InChI is InChI=1S/C12H18N2O/c1-12(2,3)14-11(15)8-9-6-4-5-7-10(9)13/h4-7H,8,13H2,1-3H3,(H,14,15). The van der Waals surface area contributed by atoms with Crippen LogP contribution in [0, 0.1) is 0 Å². The molecule has 3 heteroatoms. The van der Waals surface area contributed by atoms with E-state index < -0.39 is 0 Å². The molecule has 15 heavy (non-hydrogen) atoms. The van der Waals surface area contributed by atoms with E-state index in [2.05, 4.69) is 5.32 Å². The zero-order valence-electron chi connectivity index (χ0n) is 9.50. The second-order valence-corrected chi connectivity index (χ2v) is 4.67. The number of hydrogen-bond acceptors (Lipinski definition) is 2. The summed E-state index contributed by atoms with van der Waals surface area (Å²) in [6.07, 6.45) is 0.337. The van der Waals surface area contributed by atoms with Crippen molar-refractivity contribution in [2.75, 3.05) is 5.73 Å². The van der Waals surface area contributed by atoms with Gasteiger partial charge in [0.15, 0.2) is 0 Å². The number of rotatable bonds is 2. The molecule has 0 bridgehead atoms. The van der Waals surface area contributed by atoms with Crippen molar-refractivity contribution in [1.82, 2.24) is 5.32 Å². The lowest BCUT2D eigenvalue weighted by Crippen LogP contribution is -2.41. The molecule has 0 unspecified atom stereocenters. The average Bonchev–Trinajstić information content (AvgIpc) is 2.05. The minimum atomic E-state index is -0.194. The summed E-state index contributed by atoms with van der Waals surface area (Å²) in [7, 11) is 0. The van der Waals surface area contributed by atoms with Gasteiger partial charge in [-0.1, -0.05) is 18.2 Å². The van der Waals surface area contributed by atoms with E-state index in [9.17, 15) is 4.79 Å². The predicted octanol–water partition coefficient (Wildman–Crippen LogP) is 1.73. The Hall–Kier alpha value is -1.51. The summed E-state index contributed by atoms with van der Waals surface area (Å²) < 4.78 is 0. The van der Waals surface area contributed by atoms with E-state index in [0.29, 0.717) is 12.1 Å². The lowest BCUT2D eigenvalue weighted by Gasteiger charge is -2.20. The fourth-order valence-electron chi connectivity index (χ4n) is 1.33. The van der Waals surface area contributed by atoms with Gasteiger partial charge in [0.05, 0.1) is 6.42 Å². The van der Waals surface area contributed by atoms with E-state index in [0.717, 1.165) is 5.56 Å². The zero-order chi connectivity index (χ0) is 11.5. The first-order chi connectivity index (χ1) is 6.88. The highest BCUT2D eigenvalue weighted by molar-refractivity contribution is 5.80. The van der Waals surface area contributed by atoms with E-state index in [1.807, 2.05) is 39.0 Å². The second kappa shape index (κ2) is 4.34. The van der Waals surface area contributed by atoms with Crippen LogP contribution in [0.2, 0.25) is 0 Å². The Morgan fingerprint density at radius 1 is 1.33 bits per heavy atom. The SMILES string of the molecule is CC(C)(C)NC(=O)Cc1ccccc1N. The number of carbonyl (C=O) groups is 1. The third-order valence-electron chi connectivity index (χ3n) is 1.92. The van der Waals surface area contributed by atoms with Crippen molar-refractivity contribution in [2.45, 2.75) is 32.7 Å². The van der Waals surface area contributed by atoms with Crippen molar-refractivity contribution in [3.63, 3.8) is 0 Å². The molecule has 0 spiro atoms. The Balaban J connectivity index is 2.64. The van der Waals surface area contributed by atoms with Gasteiger partial charge in [0, 0.05) is 11.2 Å². The number of nitrogens with two attached hydrogens (primary N) is 1. The number of amides is 1. The maximum absolute atomic E-state index is 11.6. The van der Waals surface area contributed by atoms with Crippen molar-refractivity contribution in [1.29, 1.82) is 0 Å². The van der Waals surface area contributed by atoms with Crippen LogP contribution in [0.25, 0.3) is 0 Å². The molecule has 3 N–H and O–H groups in total. The van der Waals surface area contributed by atoms with Crippen molar-refractivity contribution in [2.24, 2.45) is 0 Å². The molecule has 0 saturated carbocycles. The van der Waals surface area contributed by atoms with Gasteiger partial charge < -0.3 is 11.1 Å². The van der Waals surface area contributed by atoms with Crippen LogP contribution in [-0.4, -0.2) is 11.4 Å². The summed E-state index contributed by atoms with van der Waals surface area (Å²) in [5.74, 6) is 0.000370. The molecule has 1 aromatic rings. The Morgan fingerprint density at radius 2 is 1.93 bits per heavy atom. The summed E-state index contributed by atoms with van der Waals surface area (Å²) in [5.41, 5.74) is 7.10. The van der Waals surface area contributed by atoms with Gasteiger partial charge in [-0.3, -0.25) is 4.79 Å². The van der Waals surface area contributed by atoms with Crippen LogP contribution in [0.15, 0.2) is 24.3 Å². The summed E-state index contributed by atoms with van der Waals surface area (Å²) in [5, 5.41) is 2.90. The maximum Gasteiger partial charge on any atom is 0.224 e. The minimum Gasteiger partial charge on any atom is -0.398 e. The van der Waals surface area contributed by atoms with Crippen LogP contribution < -0.4 is 11.1 Å². The monoisotopic (exact) mass is 206 g/mol. The topological polar surface area (TPSA) is 55.1 Å². The molecular weight excluding hydrogens is 188 g/mol.